The molecule has 0 fully saturated rings. The number of nitrogens with one attached hydrogen (secondary N) is 1. The number of esters is 1. The number of anilines is 2. The second kappa shape index (κ2) is 6.68. The number of carbonyl (C=O) groups excluding carboxylic acids is 2. The van der Waals surface area contributed by atoms with Crippen LogP contribution < -0.4 is 4.90 Å². The summed E-state index contributed by atoms with van der Waals surface area (Å²) in [4.78, 5) is 28.8. The van der Waals surface area contributed by atoms with Gasteiger partial charge in [0.2, 0.25) is 0 Å². The Morgan fingerprint density at radius 1 is 1.04 bits per heavy atom. The highest BCUT2D eigenvalue weighted by Gasteiger charge is 2.32. The molecule has 2 heterocycles. The zero-order valence-corrected chi connectivity index (χ0v) is 14.7. The molecular weight excluding hydrogens is 350 g/mol. The lowest BCUT2D eigenvalue weighted by Gasteiger charge is -2.32. The average molecular weight is 365 g/mol. The predicted octanol–water partition coefficient (Wildman–Crippen LogP) is 3.78. The van der Waals surface area contributed by atoms with Crippen molar-refractivity contribution in [3.63, 3.8) is 0 Å². The van der Waals surface area contributed by atoms with E-state index in [0.29, 0.717) is 0 Å². The van der Waals surface area contributed by atoms with Gasteiger partial charge in [-0.05, 0) is 37.3 Å². The first-order chi connectivity index (χ1) is 12.6. The van der Waals surface area contributed by atoms with Crippen molar-refractivity contribution in [1.29, 1.82) is 0 Å². The van der Waals surface area contributed by atoms with Gasteiger partial charge >= 0.3 is 5.97 Å². The summed E-state index contributed by atoms with van der Waals surface area (Å²) in [5, 5.41) is 6.26. The fraction of sp³-hybridized carbons (Fsp3) is 0.105. The first-order valence-corrected chi connectivity index (χ1v) is 8.87. The molecule has 1 aliphatic rings. The summed E-state index contributed by atoms with van der Waals surface area (Å²) >= 11 is 1.61. The van der Waals surface area contributed by atoms with Gasteiger partial charge in [0, 0.05) is 16.0 Å². The molecule has 1 aliphatic heterocycles. The van der Waals surface area contributed by atoms with Crippen LogP contribution in [0.3, 0.4) is 0 Å². The number of fused-ring (bicyclic) bond motifs is 2. The van der Waals surface area contributed by atoms with Crippen molar-refractivity contribution >= 4 is 35.0 Å². The van der Waals surface area contributed by atoms with Crippen molar-refractivity contribution in [3.8, 4) is 0 Å². The van der Waals surface area contributed by atoms with E-state index in [9.17, 15) is 9.59 Å². The van der Waals surface area contributed by atoms with E-state index in [-0.39, 0.29) is 11.6 Å². The Morgan fingerprint density at radius 2 is 1.65 bits per heavy atom. The molecule has 26 heavy (non-hydrogen) atoms. The van der Waals surface area contributed by atoms with E-state index in [2.05, 4.69) is 10.2 Å². The average Bonchev–Trinajstić information content (AvgIpc) is 3.20. The van der Waals surface area contributed by atoms with Crippen LogP contribution in [0.15, 0.2) is 70.6 Å². The molecule has 4 rings (SSSR count). The number of aromatic amines is 1. The zero-order chi connectivity index (χ0) is 18.1. The van der Waals surface area contributed by atoms with Gasteiger partial charge in [0.15, 0.2) is 6.10 Å². The molecule has 1 N–H and O–H groups in total. The van der Waals surface area contributed by atoms with Crippen molar-refractivity contribution in [2.75, 3.05) is 4.90 Å². The maximum absolute atomic E-state index is 13.1. The van der Waals surface area contributed by atoms with E-state index in [1.54, 1.807) is 23.6 Å². The summed E-state index contributed by atoms with van der Waals surface area (Å²) in [6, 6.07) is 16.9. The zero-order valence-electron chi connectivity index (χ0n) is 13.9. The molecule has 1 aromatic heterocycles. The standard InChI is InChI=1S/C19H15N3O3S/c1-12(25-19(24)13-10-11-20-21-13)18(23)22-14-6-2-4-8-16(14)26-17-9-5-3-7-15(17)22/h2-12H,1H3,(H,20,21)/t12-/m1/s1. The minimum absolute atomic E-state index is 0.208. The largest absolute Gasteiger partial charge is 0.448 e. The van der Waals surface area contributed by atoms with Crippen molar-refractivity contribution in [2.24, 2.45) is 0 Å². The molecule has 1 amide bonds. The van der Waals surface area contributed by atoms with Crippen molar-refractivity contribution in [2.45, 2.75) is 22.8 Å². The van der Waals surface area contributed by atoms with Gasteiger partial charge in [-0.25, -0.2) is 4.79 Å². The summed E-state index contributed by atoms with van der Waals surface area (Å²) in [7, 11) is 0. The second-order valence-corrected chi connectivity index (χ2v) is 6.81. The number of aromatic nitrogens is 2. The Kier molecular flexibility index (Phi) is 4.22. The van der Waals surface area contributed by atoms with E-state index in [1.165, 1.54) is 12.3 Å². The third-order valence-corrected chi connectivity index (χ3v) is 5.14. The molecule has 0 bridgehead atoms. The normalized spacial score (nSPS) is 13.5. The summed E-state index contributed by atoms with van der Waals surface area (Å²) in [5.74, 6) is -0.922. The van der Waals surface area contributed by atoms with Gasteiger partial charge in [-0.1, -0.05) is 36.0 Å². The summed E-state index contributed by atoms with van der Waals surface area (Å²) in [6.07, 6.45) is 0.507. The monoisotopic (exact) mass is 365 g/mol. The summed E-state index contributed by atoms with van der Waals surface area (Å²) < 4.78 is 5.33. The lowest BCUT2D eigenvalue weighted by molar-refractivity contribution is -0.125. The van der Waals surface area contributed by atoms with Gasteiger partial charge in [-0.15, -0.1) is 0 Å². The minimum atomic E-state index is -0.949. The fourth-order valence-corrected chi connectivity index (χ4v) is 3.83. The van der Waals surface area contributed by atoms with Crippen LogP contribution in [0.2, 0.25) is 0 Å². The minimum Gasteiger partial charge on any atom is -0.448 e. The van der Waals surface area contributed by atoms with Gasteiger partial charge in [0.1, 0.15) is 5.69 Å². The number of ether oxygens (including phenoxy) is 1. The summed E-state index contributed by atoms with van der Waals surface area (Å²) in [5.41, 5.74) is 1.77. The molecule has 6 nitrogen and oxygen atoms in total. The molecule has 1 atom stereocenters. The molecule has 0 unspecified atom stereocenters. The number of hydrogen-bond acceptors (Lipinski definition) is 5. The van der Waals surface area contributed by atoms with Crippen LogP contribution in [0.4, 0.5) is 11.4 Å². The van der Waals surface area contributed by atoms with Crippen LogP contribution in [-0.4, -0.2) is 28.2 Å². The van der Waals surface area contributed by atoms with Crippen LogP contribution in [0, 0.1) is 0 Å². The maximum atomic E-state index is 13.1. The lowest BCUT2D eigenvalue weighted by atomic mass is 10.2. The molecule has 0 spiro atoms. The molecule has 0 radical (unpaired) electrons. The van der Waals surface area contributed by atoms with E-state index >= 15 is 0 Å². The lowest BCUT2D eigenvalue weighted by Crippen LogP contribution is -2.38. The van der Waals surface area contributed by atoms with E-state index < -0.39 is 12.1 Å². The summed E-state index contributed by atoms with van der Waals surface area (Å²) in [6.45, 7) is 1.57. The van der Waals surface area contributed by atoms with Crippen LogP contribution in [0.25, 0.3) is 0 Å². The number of amides is 1. The quantitative estimate of drug-likeness (QED) is 0.715. The number of para-hydroxylation sites is 2. The molecule has 0 saturated carbocycles. The van der Waals surface area contributed by atoms with Crippen LogP contribution in [0.1, 0.15) is 17.4 Å². The Labute approximate surface area is 154 Å². The number of carbonyl (C=O) groups is 2. The second-order valence-electron chi connectivity index (χ2n) is 5.73. The van der Waals surface area contributed by atoms with Gasteiger partial charge in [-0.2, -0.15) is 5.10 Å². The third kappa shape index (κ3) is 2.86. The smallest absolute Gasteiger partial charge is 0.357 e. The third-order valence-electron chi connectivity index (χ3n) is 4.00. The highest BCUT2D eigenvalue weighted by atomic mass is 32.2. The molecule has 0 aliphatic carbocycles. The first-order valence-electron chi connectivity index (χ1n) is 8.05. The maximum Gasteiger partial charge on any atom is 0.357 e. The Hall–Kier alpha value is -3.06. The number of rotatable bonds is 3. The Balaban J connectivity index is 1.66. The molecule has 2 aromatic carbocycles. The molecule has 7 heteroatoms. The highest BCUT2D eigenvalue weighted by Crippen LogP contribution is 2.48. The van der Waals surface area contributed by atoms with Gasteiger partial charge in [0.05, 0.1) is 11.4 Å². The highest BCUT2D eigenvalue weighted by molar-refractivity contribution is 7.99. The van der Waals surface area contributed by atoms with Gasteiger partial charge < -0.3 is 4.74 Å². The van der Waals surface area contributed by atoms with E-state index in [1.807, 2.05) is 48.5 Å². The van der Waals surface area contributed by atoms with Crippen LogP contribution >= 0.6 is 11.8 Å². The molecule has 130 valence electrons. The molecule has 0 saturated heterocycles. The molecular formula is C19H15N3O3S. The number of H-pyrrole nitrogens is 1. The Morgan fingerprint density at radius 3 is 2.23 bits per heavy atom. The van der Waals surface area contributed by atoms with Crippen molar-refractivity contribution in [3.05, 3.63) is 66.5 Å². The number of nitrogens with zero attached hydrogens (tertiary/aromatic N) is 2. The predicted molar refractivity (Wildman–Crippen MR) is 97.6 cm³/mol. The topological polar surface area (TPSA) is 75.3 Å². The Bertz CT molecular complexity index is 926. The van der Waals surface area contributed by atoms with Crippen LogP contribution in [-0.2, 0) is 9.53 Å². The SMILES string of the molecule is C[C@@H](OC(=O)c1ccn[nH]1)C(=O)N1c2ccccc2Sc2ccccc21. The fourth-order valence-electron chi connectivity index (χ4n) is 2.77. The molecule has 3 aromatic rings. The van der Waals surface area contributed by atoms with Crippen LogP contribution in [0.5, 0.6) is 0 Å². The van der Waals surface area contributed by atoms with Gasteiger partial charge in [0.25, 0.3) is 5.91 Å². The first kappa shape index (κ1) is 16.4. The van der Waals surface area contributed by atoms with E-state index in [0.717, 1.165) is 21.2 Å². The van der Waals surface area contributed by atoms with E-state index in [4.69, 9.17) is 4.74 Å². The van der Waals surface area contributed by atoms with Crippen molar-refractivity contribution < 1.29 is 14.3 Å². The number of hydrogen-bond donors (Lipinski definition) is 1. The number of benzene rings is 2. The van der Waals surface area contributed by atoms with Crippen molar-refractivity contribution in [1.82, 2.24) is 10.2 Å². The van der Waals surface area contributed by atoms with Gasteiger partial charge in [-0.3, -0.25) is 14.8 Å².